The van der Waals surface area contributed by atoms with Gasteiger partial charge in [0.05, 0.1) is 0 Å². The molecule has 3 heteroatoms. The first kappa shape index (κ1) is 27.3. The van der Waals surface area contributed by atoms with Crippen LogP contribution in [0.1, 0.15) is 100 Å². The van der Waals surface area contributed by atoms with Crippen LogP contribution < -0.4 is 10.2 Å². The van der Waals surface area contributed by atoms with E-state index in [0.717, 1.165) is 47.9 Å². The second kappa shape index (κ2) is 16.0. The molecule has 2 aromatic carbocycles. The first-order valence-corrected chi connectivity index (χ1v) is 11.7. The van der Waals surface area contributed by atoms with Crippen molar-refractivity contribution in [2.75, 3.05) is 0 Å². The smallest absolute Gasteiger partial charge is 0.872 e. The summed E-state index contributed by atoms with van der Waals surface area (Å²) in [6, 6.07) is 11.5. The second-order valence-electron chi connectivity index (χ2n) is 8.39. The molecular weight excluding hydrogens is 396 g/mol. The third-order valence-electron chi connectivity index (χ3n) is 5.78. The molecule has 30 heavy (non-hydrogen) atoms. The van der Waals surface area contributed by atoms with Gasteiger partial charge in [0.25, 0.3) is 0 Å². The average Bonchev–Trinajstić information content (AvgIpc) is 2.71. The minimum absolute atomic E-state index is 0. The Hall–Kier alpha value is -0.700. The monoisotopic (exact) mass is 434 g/mol. The summed E-state index contributed by atoms with van der Waals surface area (Å²) in [6.07, 6.45) is 14.8. The Bertz CT molecular complexity index is 665. The van der Waals surface area contributed by atoms with E-state index in [1.807, 2.05) is 12.1 Å². The van der Waals surface area contributed by atoms with Gasteiger partial charge in [-0.3, -0.25) is 0 Å². The van der Waals surface area contributed by atoms with Crippen LogP contribution in [0.5, 0.6) is 11.5 Å². The van der Waals surface area contributed by atoms with Crippen molar-refractivity contribution in [3.8, 4) is 11.5 Å². The molecule has 0 aromatic heterocycles. The van der Waals surface area contributed by atoms with E-state index in [2.05, 4.69) is 26.0 Å². The molecule has 0 aliphatic carbocycles. The second-order valence-corrected chi connectivity index (χ2v) is 8.39. The van der Waals surface area contributed by atoms with Crippen LogP contribution in [0.3, 0.4) is 0 Å². The fraction of sp³-hybridized carbons (Fsp3) is 0.556. The van der Waals surface area contributed by atoms with E-state index in [-0.39, 0.29) is 49.2 Å². The van der Waals surface area contributed by atoms with Gasteiger partial charge >= 0.3 is 37.7 Å². The first-order chi connectivity index (χ1) is 14.1. The Morgan fingerprint density at radius 2 is 0.967 bits per heavy atom. The Balaban J connectivity index is 0.00000450. The molecule has 0 N–H and O–H groups in total. The minimum Gasteiger partial charge on any atom is -0.872 e. The molecule has 0 unspecified atom stereocenters. The van der Waals surface area contributed by atoms with Gasteiger partial charge in [-0.2, -0.15) is 0 Å². The maximum Gasteiger partial charge on any atom is 2.00 e. The molecule has 0 fully saturated rings. The summed E-state index contributed by atoms with van der Waals surface area (Å²) >= 11 is 0. The summed E-state index contributed by atoms with van der Waals surface area (Å²) in [5.74, 6) is 0.130. The molecule has 2 rings (SSSR count). The van der Waals surface area contributed by atoms with Crippen molar-refractivity contribution in [3.05, 3.63) is 58.7 Å². The Labute approximate surface area is 214 Å². The van der Waals surface area contributed by atoms with Gasteiger partial charge in [-0.15, -0.1) is 11.5 Å². The minimum atomic E-state index is 0. The van der Waals surface area contributed by atoms with Gasteiger partial charge in [0, 0.05) is 0 Å². The van der Waals surface area contributed by atoms with Crippen molar-refractivity contribution >= 4 is 37.7 Å². The average molecular weight is 435 g/mol. The van der Waals surface area contributed by atoms with Gasteiger partial charge < -0.3 is 10.2 Å². The van der Waals surface area contributed by atoms with Gasteiger partial charge in [0.15, 0.2) is 0 Å². The zero-order valence-electron chi connectivity index (χ0n) is 19.2. The maximum absolute atomic E-state index is 12.5. The summed E-state index contributed by atoms with van der Waals surface area (Å²) in [5, 5.41) is 25.0. The molecule has 0 amide bonds. The fourth-order valence-electron chi connectivity index (χ4n) is 3.87. The van der Waals surface area contributed by atoms with Crippen LogP contribution in [0.2, 0.25) is 0 Å². The fourth-order valence-corrected chi connectivity index (χ4v) is 3.87. The van der Waals surface area contributed by atoms with Crippen LogP contribution in [0.25, 0.3) is 0 Å². The van der Waals surface area contributed by atoms with Gasteiger partial charge in [0.2, 0.25) is 0 Å². The van der Waals surface area contributed by atoms with Crippen molar-refractivity contribution < 1.29 is 10.2 Å². The molecule has 0 atom stereocenters. The molecule has 2 nitrogen and oxygen atoms in total. The van der Waals surface area contributed by atoms with Crippen LogP contribution in [0, 0.1) is 0 Å². The number of benzene rings is 2. The number of rotatable bonds is 14. The number of hydrogen-bond acceptors (Lipinski definition) is 2. The molecule has 0 saturated heterocycles. The third kappa shape index (κ3) is 10.1. The maximum atomic E-state index is 12.5. The van der Waals surface area contributed by atoms with Crippen LogP contribution in [0.15, 0.2) is 36.4 Å². The largest absolute Gasteiger partial charge is 2.00 e. The van der Waals surface area contributed by atoms with Crippen LogP contribution >= 0.6 is 0 Å². The quantitative estimate of drug-likeness (QED) is 0.268. The molecule has 0 bridgehead atoms. The zero-order chi connectivity index (χ0) is 20.9. The molecular formula is C27H38CaO2. The number of unbranched alkanes of at least 4 members (excludes halogenated alkanes) is 8. The molecule has 0 spiro atoms. The number of hydrogen-bond donors (Lipinski definition) is 0. The molecule has 0 aliphatic heterocycles. The Morgan fingerprint density at radius 1 is 0.567 bits per heavy atom. The first-order valence-electron chi connectivity index (χ1n) is 11.7. The normalized spacial score (nSPS) is 10.7. The molecule has 0 radical (unpaired) electrons. The molecule has 0 aliphatic rings. The predicted molar refractivity (Wildman–Crippen MR) is 125 cm³/mol. The molecule has 160 valence electrons. The van der Waals surface area contributed by atoms with Crippen molar-refractivity contribution in [3.63, 3.8) is 0 Å². The van der Waals surface area contributed by atoms with Gasteiger partial charge in [-0.25, -0.2) is 0 Å². The summed E-state index contributed by atoms with van der Waals surface area (Å²) in [5.41, 5.74) is 3.69. The predicted octanol–water partition coefficient (Wildman–Crippen LogP) is 6.07. The van der Waals surface area contributed by atoms with E-state index in [4.69, 9.17) is 0 Å². The summed E-state index contributed by atoms with van der Waals surface area (Å²) < 4.78 is 0. The summed E-state index contributed by atoms with van der Waals surface area (Å²) in [7, 11) is 0. The SMILES string of the molecule is CCCCCCCc1ccc(Cc2ccc(CCCCCCC)cc2[O-])c([O-])c1.[Ca+2]. The van der Waals surface area contributed by atoms with Crippen LogP contribution in [-0.2, 0) is 19.3 Å². The van der Waals surface area contributed by atoms with E-state index in [1.165, 1.54) is 51.4 Å². The van der Waals surface area contributed by atoms with Crippen molar-refractivity contribution in [2.45, 2.75) is 97.3 Å². The molecule has 0 heterocycles. The van der Waals surface area contributed by atoms with E-state index < -0.39 is 0 Å². The van der Waals surface area contributed by atoms with E-state index in [0.29, 0.717) is 6.42 Å². The zero-order valence-corrected chi connectivity index (χ0v) is 21.4. The number of aryl methyl sites for hydroxylation is 2. The Morgan fingerprint density at radius 3 is 1.33 bits per heavy atom. The molecule has 2 aromatic rings. The van der Waals surface area contributed by atoms with E-state index >= 15 is 0 Å². The van der Waals surface area contributed by atoms with Crippen LogP contribution in [-0.4, -0.2) is 37.7 Å². The van der Waals surface area contributed by atoms with Crippen molar-refractivity contribution in [2.24, 2.45) is 0 Å². The molecule has 0 saturated carbocycles. The van der Waals surface area contributed by atoms with Gasteiger partial charge in [0.1, 0.15) is 0 Å². The summed E-state index contributed by atoms with van der Waals surface area (Å²) in [4.78, 5) is 0. The summed E-state index contributed by atoms with van der Waals surface area (Å²) in [6.45, 7) is 4.44. The van der Waals surface area contributed by atoms with Gasteiger partial charge in [-0.1, -0.05) is 113 Å². The topological polar surface area (TPSA) is 46.1 Å². The van der Waals surface area contributed by atoms with Crippen molar-refractivity contribution in [1.29, 1.82) is 0 Å². The van der Waals surface area contributed by atoms with E-state index in [1.54, 1.807) is 12.1 Å². The third-order valence-corrected chi connectivity index (χ3v) is 5.78. The van der Waals surface area contributed by atoms with Gasteiger partial charge in [-0.05, 0) is 43.2 Å². The van der Waals surface area contributed by atoms with Crippen LogP contribution in [0.4, 0.5) is 0 Å². The van der Waals surface area contributed by atoms with E-state index in [9.17, 15) is 10.2 Å². The van der Waals surface area contributed by atoms with Crippen molar-refractivity contribution in [1.82, 2.24) is 0 Å². The Kier molecular flexibility index (Phi) is 14.6. The standard InChI is InChI=1S/C27H40O2.Ca/c1-3-5-7-9-11-13-22-15-17-24(26(28)19-22)21-25-18-16-23(20-27(25)29)14-12-10-8-6-4-2;/h15-20,28-29H,3-14,21H2,1-2H3;/q;+2/p-2.